The normalized spacial score (nSPS) is 12.0. The number of carbonyl (C=O) groups is 1. The van der Waals surface area contributed by atoms with Crippen molar-refractivity contribution in [2.24, 2.45) is 0 Å². The van der Waals surface area contributed by atoms with Crippen LogP contribution in [0.3, 0.4) is 0 Å². The Balaban J connectivity index is 2.75. The predicted molar refractivity (Wildman–Crippen MR) is 129 cm³/mol. The van der Waals surface area contributed by atoms with Crippen LogP contribution in [0.1, 0.15) is 88.8 Å². The summed E-state index contributed by atoms with van der Waals surface area (Å²) in [7, 11) is 0. The first-order valence-electron chi connectivity index (χ1n) is 11.0. The molecule has 31 heavy (non-hydrogen) atoms. The van der Waals surface area contributed by atoms with E-state index in [1.165, 1.54) is 5.56 Å². The Labute approximate surface area is 188 Å². The summed E-state index contributed by atoms with van der Waals surface area (Å²) in [5.41, 5.74) is 5.89. The molecule has 2 aromatic rings. The number of carbonyl (C=O) groups excluding carboxylic acids is 1. The molecule has 3 heteroatoms. The molecule has 3 nitrogen and oxygen atoms in total. The number of hydrogen-bond donors (Lipinski definition) is 1. The quantitative estimate of drug-likeness (QED) is 0.323. The van der Waals surface area contributed by atoms with Gasteiger partial charge in [-0.1, -0.05) is 84.9 Å². The monoisotopic (exact) mass is 422 g/mol. The Morgan fingerprint density at radius 1 is 0.968 bits per heavy atom. The second-order valence-corrected chi connectivity index (χ2v) is 10.7. The molecule has 0 aliphatic carbocycles. The molecular formula is C28H38O3. The van der Waals surface area contributed by atoms with Crippen molar-refractivity contribution in [3.8, 4) is 11.5 Å². The Hall–Kier alpha value is -2.55. The fraction of sp³-hybridized carbons (Fsp3) is 0.464. The van der Waals surface area contributed by atoms with Crippen LogP contribution in [0.5, 0.6) is 11.5 Å². The van der Waals surface area contributed by atoms with Gasteiger partial charge in [0.05, 0.1) is 0 Å². The van der Waals surface area contributed by atoms with E-state index < -0.39 is 5.97 Å². The molecule has 0 aliphatic heterocycles. The molecule has 0 spiro atoms. The summed E-state index contributed by atoms with van der Waals surface area (Å²) in [4.78, 5) is 12.5. The second-order valence-electron chi connectivity index (χ2n) is 10.7. The van der Waals surface area contributed by atoms with Crippen molar-refractivity contribution in [3.05, 3.63) is 69.8 Å². The molecule has 0 radical (unpaired) electrons. The van der Waals surface area contributed by atoms with Gasteiger partial charge in [-0.25, -0.2) is 4.79 Å². The van der Waals surface area contributed by atoms with Gasteiger partial charge in [-0.15, -0.1) is 0 Å². The number of ether oxygens (including phenoxy) is 1. The molecule has 0 unspecified atom stereocenters. The zero-order valence-corrected chi connectivity index (χ0v) is 20.7. The average Bonchev–Trinajstić information content (AvgIpc) is 2.63. The highest BCUT2D eigenvalue weighted by Gasteiger charge is 2.26. The summed E-state index contributed by atoms with van der Waals surface area (Å²) in [6.07, 6.45) is 1.35. The van der Waals surface area contributed by atoms with Crippen LogP contribution < -0.4 is 4.74 Å². The molecule has 0 saturated heterocycles. The minimum atomic E-state index is -0.431. The van der Waals surface area contributed by atoms with Crippen LogP contribution >= 0.6 is 0 Å². The predicted octanol–water partition coefficient (Wildman–Crippen LogP) is 6.93. The van der Waals surface area contributed by atoms with Crippen molar-refractivity contribution in [1.29, 1.82) is 0 Å². The summed E-state index contributed by atoms with van der Waals surface area (Å²) >= 11 is 0. The van der Waals surface area contributed by atoms with Crippen LogP contribution in [0, 0.1) is 6.92 Å². The van der Waals surface area contributed by atoms with Crippen LogP contribution in [0.25, 0.3) is 0 Å². The second kappa shape index (κ2) is 8.90. The molecule has 0 aromatic heterocycles. The molecule has 2 aromatic carbocycles. The van der Waals surface area contributed by atoms with Gasteiger partial charge in [0.15, 0.2) is 0 Å². The van der Waals surface area contributed by atoms with Gasteiger partial charge in [0.1, 0.15) is 11.5 Å². The van der Waals surface area contributed by atoms with Gasteiger partial charge < -0.3 is 9.84 Å². The van der Waals surface area contributed by atoms with Crippen molar-refractivity contribution in [2.45, 2.75) is 86.0 Å². The van der Waals surface area contributed by atoms with Gasteiger partial charge in [-0.2, -0.15) is 0 Å². The van der Waals surface area contributed by atoms with Crippen molar-refractivity contribution < 1.29 is 14.6 Å². The lowest BCUT2D eigenvalue weighted by Crippen LogP contribution is -2.19. The molecule has 0 amide bonds. The molecule has 2 rings (SSSR count). The van der Waals surface area contributed by atoms with Crippen LogP contribution in [0.2, 0.25) is 0 Å². The first-order chi connectivity index (χ1) is 14.1. The summed E-state index contributed by atoms with van der Waals surface area (Å²) in [5.74, 6) is 0.463. The fourth-order valence-corrected chi connectivity index (χ4v) is 3.71. The number of hydrogen-bond acceptors (Lipinski definition) is 3. The first-order valence-corrected chi connectivity index (χ1v) is 11.0. The Morgan fingerprint density at radius 2 is 1.55 bits per heavy atom. The van der Waals surface area contributed by atoms with E-state index in [0.717, 1.165) is 34.2 Å². The number of aryl methyl sites for hydroxylation is 2. The van der Waals surface area contributed by atoms with Gasteiger partial charge in [-0.3, -0.25) is 0 Å². The van der Waals surface area contributed by atoms with Gasteiger partial charge in [0.2, 0.25) is 0 Å². The van der Waals surface area contributed by atoms with Crippen molar-refractivity contribution in [3.63, 3.8) is 0 Å². The minimum absolute atomic E-state index is 0.179. The number of rotatable bonds is 5. The van der Waals surface area contributed by atoms with Gasteiger partial charge in [0, 0.05) is 23.1 Å². The molecule has 0 atom stereocenters. The molecular weight excluding hydrogens is 384 g/mol. The van der Waals surface area contributed by atoms with Gasteiger partial charge in [0.25, 0.3) is 0 Å². The number of aromatic hydroxyl groups is 1. The summed E-state index contributed by atoms with van der Waals surface area (Å²) in [5, 5.41) is 11.1. The lowest BCUT2D eigenvalue weighted by molar-refractivity contribution is -0.130. The molecule has 168 valence electrons. The highest BCUT2D eigenvalue weighted by Crippen LogP contribution is 2.40. The highest BCUT2D eigenvalue weighted by molar-refractivity contribution is 5.89. The van der Waals surface area contributed by atoms with E-state index in [2.05, 4.69) is 67.2 Å². The summed E-state index contributed by atoms with van der Waals surface area (Å²) in [6, 6.07) is 8.28. The van der Waals surface area contributed by atoms with E-state index in [4.69, 9.17) is 4.74 Å². The Morgan fingerprint density at radius 3 is 2.03 bits per heavy atom. The zero-order chi connectivity index (χ0) is 23.7. The minimum Gasteiger partial charge on any atom is -0.507 e. The lowest BCUT2D eigenvalue weighted by Gasteiger charge is -2.26. The van der Waals surface area contributed by atoms with E-state index in [0.29, 0.717) is 23.5 Å². The van der Waals surface area contributed by atoms with E-state index >= 15 is 0 Å². The maximum absolute atomic E-state index is 12.5. The van der Waals surface area contributed by atoms with E-state index in [1.807, 2.05) is 19.1 Å². The van der Waals surface area contributed by atoms with E-state index in [9.17, 15) is 9.90 Å². The molecule has 1 N–H and O–H groups in total. The number of phenolic OH excluding ortho intramolecular Hbond substituents is 1. The number of phenols is 1. The largest absolute Gasteiger partial charge is 0.507 e. The molecule has 0 bridgehead atoms. The smallest absolute Gasteiger partial charge is 0.338 e. The zero-order valence-electron chi connectivity index (χ0n) is 20.7. The van der Waals surface area contributed by atoms with Crippen molar-refractivity contribution in [1.82, 2.24) is 0 Å². The maximum atomic E-state index is 12.5. The maximum Gasteiger partial charge on any atom is 0.338 e. The average molecular weight is 423 g/mol. The summed E-state index contributed by atoms with van der Waals surface area (Å²) in [6.45, 7) is 22.2. The fourth-order valence-electron chi connectivity index (χ4n) is 3.71. The third kappa shape index (κ3) is 5.78. The van der Waals surface area contributed by atoms with Gasteiger partial charge in [-0.05, 0) is 47.8 Å². The lowest BCUT2D eigenvalue weighted by atomic mass is 9.81. The van der Waals surface area contributed by atoms with Crippen LogP contribution in [-0.4, -0.2) is 11.1 Å². The first kappa shape index (κ1) is 24.7. The molecule has 0 fully saturated rings. The van der Waals surface area contributed by atoms with E-state index in [1.54, 1.807) is 6.92 Å². The van der Waals surface area contributed by atoms with Crippen LogP contribution in [-0.2, 0) is 28.5 Å². The third-order valence-electron chi connectivity index (χ3n) is 5.51. The van der Waals surface area contributed by atoms with E-state index in [-0.39, 0.29) is 10.8 Å². The van der Waals surface area contributed by atoms with Crippen molar-refractivity contribution in [2.75, 3.05) is 0 Å². The highest BCUT2D eigenvalue weighted by atomic mass is 16.5. The standard InChI is InChI=1S/C28H38O3/c1-11-19-14-21(16-20-12-18(4)13-22(24(20)29)27(5,6)7)25(31-26(30)17(2)3)23(15-19)28(8,9)10/h12-15,29H,2,11,16H2,1,3-10H3. The van der Waals surface area contributed by atoms with Gasteiger partial charge >= 0.3 is 5.97 Å². The molecule has 0 aliphatic rings. The summed E-state index contributed by atoms with van der Waals surface area (Å²) < 4.78 is 5.88. The van der Waals surface area contributed by atoms with Crippen LogP contribution in [0.15, 0.2) is 36.4 Å². The molecule has 0 heterocycles. The number of esters is 1. The number of benzene rings is 2. The van der Waals surface area contributed by atoms with Crippen LogP contribution in [0.4, 0.5) is 0 Å². The third-order valence-corrected chi connectivity index (χ3v) is 5.51. The topological polar surface area (TPSA) is 46.5 Å². The SMILES string of the molecule is C=C(C)C(=O)Oc1c(Cc2cc(C)cc(C(C)(C)C)c2O)cc(CC)cc1C(C)(C)C. The Kier molecular flexibility index (Phi) is 7.10. The Bertz CT molecular complexity index is 998. The van der Waals surface area contributed by atoms with Crippen molar-refractivity contribution >= 4 is 5.97 Å². The molecule has 0 saturated carbocycles.